The molecule has 0 aliphatic carbocycles. The van der Waals surface area contributed by atoms with Crippen molar-refractivity contribution in [3.63, 3.8) is 0 Å². The molecule has 9 heteroatoms. The lowest BCUT2D eigenvalue weighted by atomic mass is 11.2. The smallest absolute Gasteiger partial charge is 0.315 e. The maximum absolute atomic E-state index is 12.5. The predicted octanol–water partition coefficient (Wildman–Crippen LogP) is 2.85. The Morgan fingerprint density at radius 2 is 1.06 bits per heavy atom. The average molecular weight is 300 g/mol. The molecule has 0 aromatic carbocycles. The molecule has 0 fully saturated rings. The van der Waals surface area contributed by atoms with E-state index in [1.807, 2.05) is 0 Å². The third-order valence-electron chi connectivity index (χ3n) is 2.44. The SMILES string of the molecule is C=C[Si](C=C)(P(=O)(OC)OC)P(=O)(OC)OC. The van der Waals surface area contributed by atoms with Crippen LogP contribution in [0.2, 0.25) is 0 Å². The summed E-state index contributed by atoms with van der Waals surface area (Å²) in [6, 6.07) is 0. The fourth-order valence-electron chi connectivity index (χ4n) is 1.41. The highest BCUT2D eigenvalue weighted by Crippen LogP contribution is 2.74. The van der Waals surface area contributed by atoms with Crippen molar-refractivity contribution < 1.29 is 27.2 Å². The van der Waals surface area contributed by atoms with Crippen LogP contribution in [0.25, 0.3) is 0 Å². The highest BCUT2D eigenvalue weighted by Gasteiger charge is 2.64. The standard InChI is InChI=1S/C8H18O6P2Si/c1-7-17(8-2,15(9,11-3)12-4)16(10,13-5)14-6/h7-8H,1-2H2,3-6H3. The van der Waals surface area contributed by atoms with Crippen molar-refractivity contribution >= 4 is 21.7 Å². The molecular weight excluding hydrogens is 282 g/mol. The summed E-state index contributed by atoms with van der Waals surface area (Å²) in [7, 11) is -6.06. The topological polar surface area (TPSA) is 71.1 Å². The van der Waals surface area contributed by atoms with E-state index >= 15 is 0 Å². The summed E-state index contributed by atoms with van der Waals surface area (Å²) in [5, 5.41) is 0. The fraction of sp³-hybridized carbons (Fsp3) is 0.500. The second-order valence-electron chi connectivity index (χ2n) is 2.92. The molecule has 0 saturated heterocycles. The summed E-state index contributed by atoms with van der Waals surface area (Å²) in [5.41, 5.74) is 2.56. The Morgan fingerprint density at radius 3 is 1.18 bits per heavy atom. The molecule has 0 aromatic rings. The van der Waals surface area contributed by atoms with Crippen molar-refractivity contribution in [2.75, 3.05) is 28.4 Å². The van der Waals surface area contributed by atoms with Gasteiger partial charge < -0.3 is 18.1 Å². The van der Waals surface area contributed by atoms with E-state index in [9.17, 15) is 9.13 Å². The first-order valence-electron chi connectivity index (χ1n) is 4.57. The van der Waals surface area contributed by atoms with Crippen molar-refractivity contribution in [1.82, 2.24) is 0 Å². The van der Waals surface area contributed by atoms with E-state index in [-0.39, 0.29) is 0 Å². The van der Waals surface area contributed by atoms with Gasteiger partial charge in [-0.05, 0) is 0 Å². The van der Waals surface area contributed by atoms with Crippen LogP contribution in [0, 0.1) is 0 Å². The van der Waals surface area contributed by atoms with Crippen LogP contribution >= 0.6 is 14.3 Å². The van der Waals surface area contributed by atoms with Crippen LogP contribution in [-0.4, -0.2) is 35.8 Å². The van der Waals surface area contributed by atoms with E-state index in [0.717, 1.165) is 0 Å². The molecule has 6 nitrogen and oxygen atoms in total. The first kappa shape index (κ1) is 17.0. The Morgan fingerprint density at radius 1 is 0.824 bits per heavy atom. The minimum absolute atomic E-state index is 1.20. The fourth-order valence-corrected chi connectivity index (χ4v) is 17.0. The number of rotatable bonds is 8. The van der Waals surface area contributed by atoms with Gasteiger partial charge in [0.05, 0.1) is 0 Å². The molecule has 0 rings (SSSR count). The minimum Gasteiger partial charge on any atom is -0.315 e. The van der Waals surface area contributed by atoms with Gasteiger partial charge >= 0.3 is 21.7 Å². The van der Waals surface area contributed by atoms with Gasteiger partial charge in [0, 0.05) is 28.4 Å². The molecule has 0 unspecified atom stereocenters. The van der Waals surface area contributed by atoms with E-state index in [1.54, 1.807) is 0 Å². The zero-order chi connectivity index (χ0) is 13.7. The predicted molar refractivity (Wildman–Crippen MR) is 69.4 cm³/mol. The third-order valence-corrected chi connectivity index (χ3v) is 21.4. The molecule has 0 bridgehead atoms. The molecule has 0 spiro atoms. The van der Waals surface area contributed by atoms with E-state index < -0.39 is 21.7 Å². The van der Waals surface area contributed by atoms with Crippen molar-refractivity contribution in [1.29, 1.82) is 0 Å². The minimum atomic E-state index is -3.69. The lowest BCUT2D eigenvalue weighted by Gasteiger charge is -2.33. The molecule has 0 radical (unpaired) electrons. The average Bonchev–Trinajstić information content (AvgIpc) is 2.39. The monoisotopic (exact) mass is 300 g/mol. The zero-order valence-electron chi connectivity index (χ0n) is 10.4. The van der Waals surface area contributed by atoms with Crippen LogP contribution in [0.1, 0.15) is 0 Å². The van der Waals surface area contributed by atoms with Gasteiger partial charge in [0.2, 0.25) is 0 Å². The maximum Gasteiger partial charge on any atom is 0.370 e. The molecule has 0 aliphatic rings. The summed E-state index contributed by atoms with van der Waals surface area (Å²) in [6.45, 7) is 7.11. The number of hydrogen-bond acceptors (Lipinski definition) is 6. The number of hydrogen-bond donors (Lipinski definition) is 0. The normalized spacial score (nSPS) is 13.4. The summed E-state index contributed by atoms with van der Waals surface area (Å²) in [4.78, 5) is 0. The highest BCUT2D eigenvalue weighted by molar-refractivity contribution is 8.25. The Labute approximate surface area is 102 Å². The Kier molecular flexibility index (Phi) is 6.25. The van der Waals surface area contributed by atoms with Crippen molar-refractivity contribution in [2.24, 2.45) is 0 Å². The van der Waals surface area contributed by atoms with Gasteiger partial charge in [-0.15, -0.1) is 13.2 Å². The van der Waals surface area contributed by atoms with Crippen molar-refractivity contribution in [2.45, 2.75) is 0 Å². The Balaban J connectivity index is 6.12. The highest BCUT2D eigenvalue weighted by atomic mass is 31.7. The second kappa shape index (κ2) is 6.25. The van der Waals surface area contributed by atoms with Crippen molar-refractivity contribution in [3.05, 3.63) is 24.6 Å². The van der Waals surface area contributed by atoms with Gasteiger partial charge in [-0.3, -0.25) is 9.13 Å². The summed E-state index contributed by atoms with van der Waals surface area (Å²) in [6.07, 6.45) is 0. The van der Waals surface area contributed by atoms with Gasteiger partial charge in [0.1, 0.15) is 0 Å². The van der Waals surface area contributed by atoms with Crippen LogP contribution in [0.15, 0.2) is 24.6 Å². The largest absolute Gasteiger partial charge is 0.370 e. The molecule has 0 N–H and O–H groups in total. The van der Waals surface area contributed by atoms with Gasteiger partial charge in [-0.25, -0.2) is 0 Å². The van der Waals surface area contributed by atoms with Crippen LogP contribution in [0.4, 0.5) is 0 Å². The summed E-state index contributed by atoms with van der Waals surface area (Å²) in [5.74, 6) is 0. The molecule has 0 aromatic heterocycles. The van der Waals surface area contributed by atoms with Crippen molar-refractivity contribution in [3.8, 4) is 0 Å². The van der Waals surface area contributed by atoms with Gasteiger partial charge in [-0.2, -0.15) is 0 Å². The maximum atomic E-state index is 12.5. The summed E-state index contributed by atoms with van der Waals surface area (Å²) >= 11 is 0. The van der Waals surface area contributed by atoms with E-state index in [2.05, 4.69) is 13.2 Å². The quantitative estimate of drug-likeness (QED) is 0.507. The lowest BCUT2D eigenvalue weighted by molar-refractivity contribution is 0.282. The van der Waals surface area contributed by atoms with Crippen LogP contribution < -0.4 is 0 Å². The van der Waals surface area contributed by atoms with E-state index in [4.69, 9.17) is 18.1 Å². The van der Waals surface area contributed by atoms with Crippen LogP contribution in [0.5, 0.6) is 0 Å². The molecule has 0 aliphatic heterocycles. The van der Waals surface area contributed by atoms with Crippen LogP contribution in [-0.2, 0) is 27.2 Å². The molecule has 0 saturated carbocycles. The molecule has 0 atom stereocenters. The lowest BCUT2D eigenvalue weighted by Crippen LogP contribution is -2.33. The van der Waals surface area contributed by atoms with Gasteiger partial charge in [0.25, 0.3) is 0 Å². The molecule has 17 heavy (non-hydrogen) atoms. The second-order valence-corrected chi connectivity index (χ2v) is 17.5. The third kappa shape index (κ3) is 2.42. The molecule has 100 valence electrons. The van der Waals surface area contributed by atoms with E-state index in [0.29, 0.717) is 0 Å². The molecular formula is C8H18O6P2Si. The first-order valence-corrected chi connectivity index (χ1v) is 11.5. The van der Waals surface area contributed by atoms with E-state index in [1.165, 1.54) is 39.8 Å². The van der Waals surface area contributed by atoms with Gasteiger partial charge in [0.15, 0.2) is 0 Å². The Bertz CT molecular complexity index is 330. The molecule has 0 heterocycles. The zero-order valence-corrected chi connectivity index (χ0v) is 13.2. The summed E-state index contributed by atoms with van der Waals surface area (Å²) < 4.78 is 44.7. The Hall–Kier alpha value is -0.00312. The van der Waals surface area contributed by atoms with Crippen LogP contribution in [0.3, 0.4) is 0 Å². The van der Waals surface area contributed by atoms with Gasteiger partial charge in [-0.1, -0.05) is 11.4 Å². The molecule has 0 amide bonds. The first-order chi connectivity index (χ1) is 7.86.